The van der Waals surface area contributed by atoms with Gasteiger partial charge in [-0.1, -0.05) is 23.2 Å². The van der Waals surface area contributed by atoms with Crippen LogP contribution in [0, 0.1) is 0 Å². The Bertz CT molecular complexity index is 218. The van der Waals surface area contributed by atoms with E-state index in [1.54, 1.807) is 6.07 Å². The topological polar surface area (TPSA) is 50.9 Å². The van der Waals surface area contributed by atoms with Crippen LogP contribution in [-0.4, -0.2) is 4.98 Å². The van der Waals surface area contributed by atoms with E-state index in [9.17, 15) is 0 Å². The van der Waals surface area contributed by atoms with Crippen molar-refractivity contribution in [3.63, 3.8) is 0 Å². The van der Waals surface area contributed by atoms with Crippen LogP contribution in [-0.2, 0) is 0 Å². The van der Waals surface area contributed by atoms with Crippen molar-refractivity contribution in [2.45, 2.75) is 0 Å². The Balaban J connectivity index is 3.06. The molecule has 0 atom stereocenters. The van der Waals surface area contributed by atoms with Crippen LogP contribution < -0.4 is 11.3 Å². The van der Waals surface area contributed by atoms with Gasteiger partial charge in [0, 0.05) is 11.1 Å². The second-order valence-electron chi connectivity index (χ2n) is 1.64. The minimum absolute atomic E-state index is 0.320. The van der Waals surface area contributed by atoms with Crippen LogP contribution in [0.15, 0.2) is 12.1 Å². The summed E-state index contributed by atoms with van der Waals surface area (Å²) in [6, 6.07) is 3.11. The molecule has 0 aliphatic heterocycles. The number of aromatic nitrogens is 1. The van der Waals surface area contributed by atoms with Crippen LogP contribution in [0.4, 0.5) is 5.82 Å². The lowest BCUT2D eigenvalue weighted by atomic mass is 10.5. The first-order valence-electron chi connectivity index (χ1n) is 2.52. The molecule has 0 aliphatic carbocycles. The van der Waals surface area contributed by atoms with E-state index < -0.39 is 0 Å². The summed E-state index contributed by atoms with van der Waals surface area (Å²) < 4.78 is 0. The van der Waals surface area contributed by atoms with Crippen molar-refractivity contribution in [1.29, 1.82) is 0 Å². The number of nitrogens with zero attached hydrogens (tertiary/aromatic N) is 1. The molecule has 0 radical (unpaired) electrons. The molecule has 0 aliphatic rings. The van der Waals surface area contributed by atoms with Crippen LogP contribution >= 0.6 is 23.2 Å². The Morgan fingerprint density at radius 1 is 1.40 bits per heavy atom. The van der Waals surface area contributed by atoms with E-state index in [0.717, 1.165) is 0 Å². The maximum Gasteiger partial charge on any atom is 0.143 e. The first-order chi connectivity index (χ1) is 4.72. The Morgan fingerprint density at radius 2 is 2.10 bits per heavy atom. The van der Waals surface area contributed by atoms with Gasteiger partial charge in [-0.15, -0.1) is 0 Å². The molecule has 1 heterocycles. The number of anilines is 1. The molecule has 3 nitrogen and oxygen atoms in total. The van der Waals surface area contributed by atoms with Crippen LogP contribution in [0.2, 0.25) is 10.2 Å². The molecule has 5 heteroatoms. The zero-order valence-electron chi connectivity index (χ0n) is 4.94. The Hall–Kier alpha value is -0.510. The van der Waals surface area contributed by atoms with E-state index in [0.29, 0.717) is 16.0 Å². The maximum atomic E-state index is 5.61. The molecular weight excluding hydrogens is 173 g/mol. The fourth-order valence-electron chi connectivity index (χ4n) is 0.540. The third-order valence-corrected chi connectivity index (χ3v) is 1.32. The molecule has 1 aromatic heterocycles. The Kier molecular flexibility index (Phi) is 2.32. The number of nitrogens with one attached hydrogen (secondary N) is 1. The third-order valence-electron chi connectivity index (χ3n) is 0.907. The number of rotatable bonds is 1. The molecule has 0 unspecified atom stereocenters. The minimum atomic E-state index is 0.320. The van der Waals surface area contributed by atoms with Crippen LogP contribution in [0.1, 0.15) is 0 Å². The van der Waals surface area contributed by atoms with Crippen molar-refractivity contribution in [1.82, 2.24) is 4.98 Å². The first-order valence-corrected chi connectivity index (χ1v) is 3.27. The highest BCUT2D eigenvalue weighted by Gasteiger charge is 1.95. The Morgan fingerprint density at radius 3 is 2.60 bits per heavy atom. The number of hydrazine groups is 1. The molecule has 0 amide bonds. The molecule has 1 rings (SSSR count). The maximum absolute atomic E-state index is 5.61. The standard InChI is InChI=1S/C5H5Cl2N3/c6-3-1-4(7)9-5(2-3)10-8/h1-2H,8H2,(H,9,10). The fraction of sp³-hybridized carbons (Fsp3) is 0. The summed E-state index contributed by atoms with van der Waals surface area (Å²) in [5.41, 5.74) is 2.33. The van der Waals surface area contributed by atoms with E-state index in [-0.39, 0.29) is 0 Å². The number of halogens is 2. The van der Waals surface area contributed by atoms with Gasteiger partial charge >= 0.3 is 0 Å². The lowest BCUT2D eigenvalue weighted by Gasteiger charge is -1.98. The highest BCUT2D eigenvalue weighted by molar-refractivity contribution is 6.34. The molecule has 10 heavy (non-hydrogen) atoms. The van der Waals surface area contributed by atoms with Crippen molar-refractivity contribution in [2.24, 2.45) is 5.84 Å². The van der Waals surface area contributed by atoms with Crippen LogP contribution in [0.3, 0.4) is 0 Å². The molecule has 0 spiro atoms. The van der Waals surface area contributed by atoms with Crippen molar-refractivity contribution >= 4 is 29.0 Å². The highest BCUT2D eigenvalue weighted by atomic mass is 35.5. The van der Waals surface area contributed by atoms with Crippen molar-refractivity contribution in [3.8, 4) is 0 Å². The van der Waals surface area contributed by atoms with Gasteiger partial charge in [0.1, 0.15) is 11.0 Å². The summed E-state index contributed by atoms with van der Waals surface area (Å²) in [5.74, 6) is 5.51. The minimum Gasteiger partial charge on any atom is -0.308 e. The monoisotopic (exact) mass is 177 g/mol. The summed E-state index contributed by atoms with van der Waals surface area (Å²) in [6.07, 6.45) is 0. The van der Waals surface area contributed by atoms with E-state index in [4.69, 9.17) is 29.0 Å². The first kappa shape index (κ1) is 7.60. The number of hydrogen-bond acceptors (Lipinski definition) is 3. The molecule has 0 saturated heterocycles. The molecule has 0 bridgehead atoms. The largest absolute Gasteiger partial charge is 0.308 e. The fourth-order valence-corrected chi connectivity index (χ4v) is 1.01. The van der Waals surface area contributed by atoms with E-state index in [1.807, 2.05) is 0 Å². The highest BCUT2D eigenvalue weighted by Crippen LogP contribution is 2.17. The molecular formula is C5H5Cl2N3. The summed E-state index contributed by atoms with van der Waals surface area (Å²) in [6.45, 7) is 0. The van der Waals surface area contributed by atoms with E-state index >= 15 is 0 Å². The van der Waals surface area contributed by atoms with E-state index in [1.165, 1.54) is 6.07 Å². The van der Waals surface area contributed by atoms with Crippen LogP contribution in [0.25, 0.3) is 0 Å². The number of hydrogen-bond donors (Lipinski definition) is 2. The lowest BCUT2D eigenvalue weighted by molar-refractivity contribution is 1.23. The molecule has 3 N–H and O–H groups in total. The Labute approximate surface area is 68.1 Å². The van der Waals surface area contributed by atoms with Crippen molar-refractivity contribution in [2.75, 3.05) is 5.43 Å². The van der Waals surface area contributed by atoms with Gasteiger partial charge < -0.3 is 5.43 Å². The second-order valence-corrected chi connectivity index (χ2v) is 2.46. The van der Waals surface area contributed by atoms with Gasteiger partial charge in [-0.2, -0.15) is 0 Å². The molecule has 0 fully saturated rings. The molecule has 54 valence electrons. The number of nitrogen functional groups attached to an aromatic ring is 1. The molecule has 1 aromatic rings. The van der Waals surface area contributed by atoms with Crippen molar-refractivity contribution in [3.05, 3.63) is 22.3 Å². The summed E-state index contributed by atoms with van der Waals surface area (Å²) in [5, 5.41) is 0.827. The van der Waals surface area contributed by atoms with Crippen molar-refractivity contribution < 1.29 is 0 Å². The van der Waals surface area contributed by atoms with Gasteiger partial charge in [-0.3, -0.25) is 0 Å². The zero-order valence-corrected chi connectivity index (χ0v) is 6.45. The van der Waals surface area contributed by atoms with Gasteiger partial charge in [-0.25, -0.2) is 10.8 Å². The van der Waals surface area contributed by atoms with Gasteiger partial charge in [0.15, 0.2) is 0 Å². The van der Waals surface area contributed by atoms with Gasteiger partial charge in [0.2, 0.25) is 0 Å². The SMILES string of the molecule is NNc1cc(Cl)cc(Cl)n1. The normalized spacial score (nSPS) is 9.50. The molecule has 0 aromatic carbocycles. The second kappa shape index (κ2) is 3.05. The smallest absolute Gasteiger partial charge is 0.143 e. The average Bonchev–Trinajstić information content (AvgIpc) is 1.85. The molecule has 0 saturated carbocycles. The van der Waals surface area contributed by atoms with Gasteiger partial charge in [-0.05, 0) is 6.07 Å². The lowest BCUT2D eigenvalue weighted by Crippen LogP contribution is -2.08. The summed E-state index contributed by atoms with van der Waals surface area (Å²) in [7, 11) is 0. The quantitative estimate of drug-likeness (QED) is 0.390. The predicted octanol–water partition coefficient (Wildman–Crippen LogP) is 1.67. The third kappa shape index (κ3) is 1.73. The summed E-state index contributed by atoms with van der Waals surface area (Å²) >= 11 is 11.1. The van der Waals surface area contributed by atoms with Gasteiger partial charge in [0.05, 0.1) is 0 Å². The average molecular weight is 178 g/mol. The van der Waals surface area contributed by atoms with E-state index in [2.05, 4.69) is 10.4 Å². The van der Waals surface area contributed by atoms with Crippen LogP contribution in [0.5, 0.6) is 0 Å². The predicted molar refractivity (Wildman–Crippen MR) is 42.1 cm³/mol. The van der Waals surface area contributed by atoms with Gasteiger partial charge in [0.25, 0.3) is 0 Å². The number of pyridine rings is 1. The zero-order chi connectivity index (χ0) is 7.56. The summed E-state index contributed by atoms with van der Waals surface area (Å²) in [4.78, 5) is 3.80. The number of nitrogens with two attached hydrogens (primary N) is 1.